The number of likely N-dealkylation sites (N-methyl/N-ethyl adjacent to an activating group) is 1. The third-order valence-electron chi connectivity index (χ3n) is 3.22. The van der Waals surface area contributed by atoms with Crippen LogP contribution in [0.3, 0.4) is 0 Å². The van der Waals surface area contributed by atoms with E-state index in [0.717, 1.165) is 9.37 Å². The van der Waals surface area contributed by atoms with Crippen LogP contribution in [0.2, 0.25) is 0 Å². The minimum atomic E-state index is -3.66. The summed E-state index contributed by atoms with van der Waals surface area (Å²) in [5, 5.41) is 1.05. The van der Waals surface area contributed by atoms with Crippen LogP contribution in [-0.2, 0) is 19.8 Å². The van der Waals surface area contributed by atoms with Gasteiger partial charge in [0.05, 0.1) is 18.7 Å². The molecular formula is C13H17N3O4S. The Morgan fingerprint density at radius 2 is 1.95 bits per heavy atom. The lowest BCUT2D eigenvalue weighted by atomic mass is 9.99. The lowest BCUT2D eigenvalue weighted by molar-refractivity contribution is -0.164. The van der Waals surface area contributed by atoms with Crippen LogP contribution in [0.5, 0.6) is 0 Å². The van der Waals surface area contributed by atoms with Gasteiger partial charge in [-0.25, -0.2) is 5.06 Å². The number of benzene rings is 1. The molecule has 1 heterocycles. The van der Waals surface area contributed by atoms with Crippen LogP contribution in [0.1, 0.15) is 11.6 Å². The summed E-state index contributed by atoms with van der Waals surface area (Å²) in [5.74, 6) is -0.416. The normalized spacial score (nSPS) is 20.8. The summed E-state index contributed by atoms with van der Waals surface area (Å²) in [6, 6.07) is 8.14. The van der Waals surface area contributed by atoms with Gasteiger partial charge in [-0.05, 0) is 5.56 Å². The molecule has 0 bridgehead atoms. The Kier molecular flexibility index (Phi) is 4.31. The highest BCUT2D eigenvalue weighted by Gasteiger charge is 2.35. The van der Waals surface area contributed by atoms with Crippen molar-refractivity contribution in [3.8, 4) is 0 Å². The molecule has 0 saturated carbocycles. The van der Waals surface area contributed by atoms with Crippen molar-refractivity contribution in [2.24, 2.45) is 0 Å². The second-order valence-corrected chi connectivity index (χ2v) is 6.31. The molecule has 0 saturated heterocycles. The number of nitrogens with zero attached hydrogens (tertiary/aromatic N) is 2. The lowest BCUT2D eigenvalue weighted by Crippen LogP contribution is -2.45. The van der Waals surface area contributed by atoms with Gasteiger partial charge in [-0.2, -0.15) is 13.1 Å². The minimum Gasteiger partial charge on any atom is -0.274 e. The second kappa shape index (κ2) is 5.84. The van der Waals surface area contributed by atoms with E-state index in [-0.39, 0.29) is 5.57 Å². The van der Waals surface area contributed by atoms with Gasteiger partial charge in [-0.15, -0.1) is 0 Å². The van der Waals surface area contributed by atoms with Crippen LogP contribution in [0.4, 0.5) is 0 Å². The number of rotatable bonds is 3. The van der Waals surface area contributed by atoms with E-state index in [1.807, 2.05) is 6.07 Å². The van der Waals surface area contributed by atoms with Gasteiger partial charge in [0.15, 0.2) is 0 Å². The summed E-state index contributed by atoms with van der Waals surface area (Å²) in [5.41, 5.74) is 0.959. The van der Waals surface area contributed by atoms with Crippen molar-refractivity contribution in [3.05, 3.63) is 47.7 Å². The number of hydrogen-bond donors (Lipinski definition) is 1. The largest absolute Gasteiger partial charge is 0.301 e. The molecule has 0 spiro atoms. The number of carbonyl (C=O) groups is 1. The Labute approximate surface area is 123 Å². The van der Waals surface area contributed by atoms with Crippen molar-refractivity contribution in [3.63, 3.8) is 0 Å². The highest BCUT2D eigenvalue weighted by Crippen LogP contribution is 2.28. The maximum atomic E-state index is 12.3. The van der Waals surface area contributed by atoms with Crippen LogP contribution in [0.25, 0.3) is 0 Å². The zero-order valence-corrected chi connectivity index (χ0v) is 12.8. The molecule has 114 valence electrons. The SMILES string of the molecule is CON(C)C(=O)C1=CN(C)S(=O)(=O)NC1c1ccccc1. The fourth-order valence-corrected chi connectivity index (χ4v) is 2.95. The molecule has 1 aromatic carbocycles. The summed E-state index contributed by atoms with van der Waals surface area (Å²) < 4.78 is 27.4. The molecule has 8 heteroatoms. The predicted octanol–water partition coefficient (Wildman–Crippen LogP) is 0.411. The highest BCUT2D eigenvalue weighted by atomic mass is 32.2. The van der Waals surface area contributed by atoms with Gasteiger partial charge in [0.1, 0.15) is 0 Å². The first-order valence-corrected chi connectivity index (χ1v) is 7.65. The van der Waals surface area contributed by atoms with E-state index in [1.165, 1.54) is 27.4 Å². The Morgan fingerprint density at radius 3 is 2.52 bits per heavy atom. The van der Waals surface area contributed by atoms with Gasteiger partial charge >= 0.3 is 10.2 Å². The van der Waals surface area contributed by atoms with Crippen molar-refractivity contribution >= 4 is 16.1 Å². The second-order valence-electron chi connectivity index (χ2n) is 4.55. The van der Waals surface area contributed by atoms with Crippen molar-refractivity contribution in [1.29, 1.82) is 0 Å². The molecule has 1 aliphatic rings. The molecule has 0 radical (unpaired) electrons. The number of carbonyl (C=O) groups excluding carboxylic acids is 1. The van der Waals surface area contributed by atoms with Crippen LogP contribution in [0.15, 0.2) is 42.1 Å². The number of hydrogen-bond acceptors (Lipinski definition) is 4. The summed E-state index contributed by atoms with van der Waals surface area (Å²) >= 11 is 0. The lowest BCUT2D eigenvalue weighted by Gasteiger charge is -2.31. The molecule has 1 N–H and O–H groups in total. The summed E-state index contributed by atoms with van der Waals surface area (Å²) in [6.07, 6.45) is 1.31. The van der Waals surface area contributed by atoms with Gasteiger partial charge < -0.3 is 0 Å². The quantitative estimate of drug-likeness (QED) is 0.820. The average Bonchev–Trinajstić information content (AvgIpc) is 2.48. The Hall–Kier alpha value is -1.90. The van der Waals surface area contributed by atoms with E-state index in [9.17, 15) is 13.2 Å². The average molecular weight is 311 g/mol. The monoisotopic (exact) mass is 311 g/mol. The summed E-state index contributed by atoms with van der Waals surface area (Å²) in [7, 11) is 0.537. The predicted molar refractivity (Wildman–Crippen MR) is 76.9 cm³/mol. The zero-order valence-electron chi connectivity index (χ0n) is 12.0. The zero-order chi connectivity index (χ0) is 15.6. The van der Waals surface area contributed by atoms with Crippen LogP contribution < -0.4 is 4.72 Å². The first-order valence-electron chi connectivity index (χ1n) is 6.21. The van der Waals surface area contributed by atoms with Gasteiger partial charge in [-0.3, -0.25) is 13.9 Å². The summed E-state index contributed by atoms with van der Waals surface area (Å²) in [6.45, 7) is 0. The molecule has 1 aromatic rings. The maximum Gasteiger partial charge on any atom is 0.301 e. The molecular weight excluding hydrogens is 294 g/mol. The van der Waals surface area contributed by atoms with Crippen LogP contribution in [-0.4, -0.2) is 44.9 Å². The summed E-state index contributed by atoms with van der Waals surface area (Å²) in [4.78, 5) is 17.2. The molecule has 1 atom stereocenters. The van der Waals surface area contributed by atoms with E-state index >= 15 is 0 Å². The molecule has 1 amide bonds. The van der Waals surface area contributed by atoms with Gasteiger partial charge in [-0.1, -0.05) is 30.3 Å². The van der Waals surface area contributed by atoms with Crippen molar-refractivity contribution < 1.29 is 18.0 Å². The Morgan fingerprint density at radius 1 is 1.33 bits per heavy atom. The molecule has 0 aromatic heterocycles. The van der Waals surface area contributed by atoms with Gasteiger partial charge in [0, 0.05) is 20.3 Å². The molecule has 7 nitrogen and oxygen atoms in total. The van der Waals surface area contributed by atoms with E-state index < -0.39 is 22.2 Å². The Bertz CT molecular complexity index is 657. The smallest absolute Gasteiger partial charge is 0.274 e. The third kappa shape index (κ3) is 3.07. The van der Waals surface area contributed by atoms with E-state index in [1.54, 1.807) is 24.3 Å². The van der Waals surface area contributed by atoms with Crippen molar-refractivity contribution in [1.82, 2.24) is 14.1 Å². The Balaban J connectivity index is 2.49. The first kappa shape index (κ1) is 15.5. The molecule has 1 unspecified atom stereocenters. The minimum absolute atomic E-state index is 0.280. The van der Waals surface area contributed by atoms with E-state index in [0.29, 0.717) is 5.56 Å². The first-order chi connectivity index (χ1) is 9.86. The molecule has 2 rings (SSSR count). The highest BCUT2D eigenvalue weighted by molar-refractivity contribution is 7.87. The van der Waals surface area contributed by atoms with Crippen molar-refractivity contribution in [2.75, 3.05) is 21.2 Å². The number of nitrogens with one attached hydrogen (secondary N) is 1. The van der Waals surface area contributed by atoms with E-state index in [2.05, 4.69) is 4.72 Å². The maximum absolute atomic E-state index is 12.3. The van der Waals surface area contributed by atoms with Gasteiger partial charge in [0.25, 0.3) is 5.91 Å². The number of hydroxylamine groups is 2. The molecule has 21 heavy (non-hydrogen) atoms. The van der Waals surface area contributed by atoms with Crippen molar-refractivity contribution in [2.45, 2.75) is 6.04 Å². The van der Waals surface area contributed by atoms with Crippen LogP contribution >= 0.6 is 0 Å². The van der Waals surface area contributed by atoms with E-state index in [4.69, 9.17) is 4.84 Å². The molecule has 0 fully saturated rings. The fraction of sp³-hybridized carbons (Fsp3) is 0.308. The van der Waals surface area contributed by atoms with Gasteiger partial charge in [0.2, 0.25) is 0 Å². The topological polar surface area (TPSA) is 79.0 Å². The fourth-order valence-electron chi connectivity index (χ4n) is 1.97. The molecule has 1 aliphatic heterocycles. The standard InChI is InChI=1S/C13H17N3O4S/c1-15-9-11(13(17)16(2)20-3)12(14-21(15,18)19)10-7-5-4-6-8-10/h4-9,12,14H,1-3H3. The van der Waals surface area contributed by atoms with Crippen LogP contribution in [0, 0.1) is 0 Å². The number of amides is 1. The molecule has 0 aliphatic carbocycles. The third-order valence-corrected chi connectivity index (χ3v) is 4.61.